The van der Waals surface area contributed by atoms with Crippen molar-refractivity contribution in [1.82, 2.24) is 15.6 Å². The minimum Gasteiger partial charge on any atom is -0.369 e. The van der Waals surface area contributed by atoms with Crippen LogP contribution in [0.4, 0.5) is 5.82 Å². The highest BCUT2D eigenvalue weighted by Crippen LogP contribution is 2.24. The largest absolute Gasteiger partial charge is 0.369 e. The van der Waals surface area contributed by atoms with E-state index in [2.05, 4.69) is 50.6 Å². The first-order valence-corrected chi connectivity index (χ1v) is 10.4. The number of guanidine groups is 1. The SMILES string of the molecule is CN=C(NCc1ccc(C)s1)NCc1cccnc1N1CCCC(C(N)=O)C1. The second-order valence-corrected chi connectivity index (χ2v) is 8.34. The predicted octanol–water partition coefficient (Wildman–Crippen LogP) is 2.02. The molecule has 4 N–H and O–H groups in total. The van der Waals surface area contributed by atoms with Crippen LogP contribution in [0.2, 0.25) is 0 Å². The first-order valence-electron chi connectivity index (χ1n) is 9.55. The van der Waals surface area contributed by atoms with E-state index >= 15 is 0 Å². The summed E-state index contributed by atoms with van der Waals surface area (Å²) in [5.41, 5.74) is 6.60. The van der Waals surface area contributed by atoms with Gasteiger partial charge in [0, 0.05) is 48.2 Å². The van der Waals surface area contributed by atoms with Gasteiger partial charge < -0.3 is 21.3 Å². The summed E-state index contributed by atoms with van der Waals surface area (Å²) >= 11 is 1.78. The number of carbonyl (C=O) groups excluding carboxylic acids is 1. The number of carbonyl (C=O) groups is 1. The topological polar surface area (TPSA) is 95.6 Å². The van der Waals surface area contributed by atoms with Gasteiger partial charge in [-0.3, -0.25) is 9.79 Å². The summed E-state index contributed by atoms with van der Waals surface area (Å²) in [5, 5.41) is 6.71. The standard InChI is InChI=1S/C20H28N6OS/c1-14-7-8-17(28-14)12-25-20(22-2)24-11-15-5-3-9-23-19(15)26-10-4-6-16(13-26)18(21)27/h3,5,7-9,16H,4,6,10-13H2,1-2H3,(H2,21,27)(H2,22,24,25). The van der Waals surface area contributed by atoms with E-state index in [4.69, 9.17) is 5.73 Å². The number of aliphatic imine (C=N–C) groups is 1. The monoisotopic (exact) mass is 400 g/mol. The molecule has 0 radical (unpaired) electrons. The zero-order valence-corrected chi connectivity index (χ0v) is 17.3. The summed E-state index contributed by atoms with van der Waals surface area (Å²) in [6.45, 7) is 4.96. The molecule has 0 aliphatic carbocycles. The third kappa shape index (κ3) is 5.22. The molecular formula is C20H28N6OS. The average Bonchev–Trinajstić information content (AvgIpc) is 3.13. The van der Waals surface area contributed by atoms with Gasteiger partial charge in [-0.15, -0.1) is 11.3 Å². The molecule has 2 aromatic rings. The first kappa shape index (κ1) is 20.1. The van der Waals surface area contributed by atoms with E-state index in [9.17, 15) is 4.79 Å². The highest BCUT2D eigenvalue weighted by molar-refractivity contribution is 7.11. The van der Waals surface area contributed by atoms with Crippen LogP contribution in [0.3, 0.4) is 0 Å². The molecule has 150 valence electrons. The van der Waals surface area contributed by atoms with Gasteiger partial charge in [-0.2, -0.15) is 0 Å². The van der Waals surface area contributed by atoms with Gasteiger partial charge in [0.2, 0.25) is 5.91 Å². The lowest BCUT2D eigenvalue weighted by atomic mass is 9.97. The summed E-state index contributed by atoms with van der Waals surface area (Å²) in [7, 11) is 1.77. The van der Waals surface area contributed by atoms with Gasteiger partial charge in [-0.1, -0.05) is 6.07 Å². The molecule has 1 aliphatic rings. The summed E-state index contributed by atoms with van der Waals surface area (Å²) in [5.74, 6) is 1.31. The summed E-state index contributed by atoms with van der Waals surface area (Å²) in [6, 6.07) is 8.24. The maximum Gasteiger partial charge on any atom is 0.222 e. The maximum atomic E-state index is 11.6. The smallest absolute Gasteiger partial charge is 0.222 e. The van der Waals surface area contributed by atoms with Gasteiger partial charge in [0.05, 0.1) is 12.5 Å². The lowest BCUT2D eigenvalue weighted by molar-refractivity contribution is -0.122. The Hall–Kier alpha value is -2.61. The number of aryl methyl sites for hydroxylation is 1. The molecule has 8 heteroatoms. The van der Waals surface area contributed by atoms with E-state index in [1.54, 1.807) is 24.6 Å². The summed E-state index contributed by atoms with van der Waals surface area (Å²) in [6.07, 6.45) is 3.59. The number of hydrogen-bond donors (Lipinski definition) is 3. The van der Waals surface area contributed by atoms with Crippen molar-refractivity contribution in [3.8, 4) is 0 Å². The number of piperidine rings is 1. The molecule has 0 spiro atoms. The Morgan fingerprint density at radius 1 is 1.36 bits per heavy atom. The van der Waals surface area contributed by atoms with Crippen molar-refractivity contribution in [2.24, 2.45) is 16.6 Å². The molecule has 1 unspecified atom stereocenters. The summed E-state index contributed by atoms with van der Waals surface area (Å²) < 4.78 is 0. The fraction of sp³-hybridized carbons (Fsp3) is 0.450. The Balaban J connectivity index is 1.61. The number of pyridine rings is 1. The number of primary amides is 1. The Bertz CT molecular complexity index is 834. The highest BCUT2D eigenvalue weighted by atomic mass is 32.1. The third-order valence-corrected chi connectivity index (χ3v) is 5.89. The third-order valence-electron chi connectivity index (χ3n) is 4.89. The fourth-order valence-corrected chi connectivity index (χ4v) is 4.24. The van der Waals surface area contributed by atoms with Crippen molar-refractivity contribution < 1.29 is 4.79 Å². The molecule has 0 bridgehead atoms. The van der Waals surface area contributed by atoms with Gasteiger partial charge in [-0.25, -0.2) is 4.98 Å². The quantitative estimate of drug-likeness (QED) is 0.509. The lowest BCUT2D eigenvalue weighted by Crippen LogP contribution is -2.42. The van der Waals surface area contributed by atoms with Crippen LogP contribution >= 0.6 is 11.3 Å². The van der Waals surface area contributed by atoms with Crippen LogP contribution in [0.5, 0.6) is 0 Å². The van der Waals surface area contributed by atoms with Crippen LogP contribution in [0.15, 0.2) is 35.5 Å². The molecule has 0 saturated carbocycles. The van der Waals surface area contributed by atoms with E-state index in [1.807, 2.05) is 6.07 Å². The lowest BCUT2D eigenvalue weighted by Gasteiger charge is -2.33. The van der Waals surface area contributed by atoms with E-state index in [0.717, 1.165) is 43.3 Å². The second-order valence-electron chi connectivity index (χ2n) is 6.97. The molecule has 1 atom stereocenters. The van der Waals surface area contributed by atoms with Crippen molar-refractivity contribution in [3.63, 3.8) is 0 Å². The molecule has 3 heterocycles. The van der Waals surface area contributed by atoms with Crippen molar-refractivity contribution in [2.75, 3.05) is 25.0 Å². The van der Waals surface area contributed by atoms with Crippen LogP contribution in [0.25, 0.3) is 0 Å². The number of aromatic nitrogens is 1. The maximum absolute atomic E-state index is 11.6. The van der Waals surface area contributed by atoms with E-state index in [1.165, 1.54) is 9.75 Å². The predicted molar refractivity (Wildman–Crippen MR) is 114 cm³/mol. The van der Waals surface area contributed by atoms with Gasteiger partial charge in [0.1, 0.15) is 5.82 Å². The van der Waals surface area contributed by atoms with Gasteiger partial charge in [0.25, 0.3) is 0 Å². The molecule has 7 nitrogen and oxygen atoms in total. The number of amides is 1. The van der Waals surface area contributed by atoms with Crippen molar-refractivity contribution >= 4 is 29.0 Å². The highest BCUT2D eigenvalue weighted by Gasteiger charge is 2.25. The molecule has 3 rings (SSSR count). The molecule has 1 amide bonds. The number of hydrogen-bond acceptors (Lipinski definition) is 5. The first-order chi connectivity index (χ1) is 13.6. The van der Waals surface area contributed by atoms with Crippen molar-refractivity contribution in [1.29, 1.82) is 0 Å². The molecule has 0 aromatic carbocycles. The van der Waals surface area contributed by atoms with E-state index in [0.29, 0.717) is 13.1 Å². The van der Waals surface area contributed by atoms with E-state index < -0.39 is 0 Å². The minimum atomic E-state index is -0.228. The zero-order chi connectivity index (χ0) is 19.9. The second kappa shape index (κ2) is 9.54. The number of anilines is 1. The van der Waals surface area contributed by atoms with Gasteiger partial charge in [0.15, 0.2) is 5.96 Å². The van der Waals surface area contributed by atoms with Crippen molar-refractivity contribution in [2.45, 2.75) is 32.9 Å². The number of thiophene rings is 1. The molecule has 28 heavy (non-hydrogen) atoms. The Morgan fingerprint density at radius 2 is 2.18 bits per heavy atom. The molecule has 2 aromatic heterocycles. The van der Waals surface area contributed by atoms with Crippen LogP contribution < -0.4 is 21.3 Å². The number of nitrogens with zero attached hydrogens (tertiary/aromatic N) is 3. The molecule has 1 saturated heterocycles. The Kier molecular flexibility index (Phi) is 6.86. The van der Waals surface area contributed by atoms with Crippen molar-refractivity contribution in [3.05, 3.63) is 45.8 Å². The van der Waals surface area contributed by atoms with Gasteiger partial charge in [-0.05, 0) is 38.0 Å². The normalized spacial score (nSPS) is 17.4. The van der Waals surface area contributed by atoms with Gasteiger partial charge >= 0.3 is 0 Å². The number of nitrogens with one attached hydrogen (secondary N) is 2. The van der Waals surface area contributed by atoms with E-state index in [-0.39, 0.29) is 11.8 Å². The molecule has 1 aliphatic heterocycles. The van der Waals surface area contributed by atoms with Crippen LogP contribution in [-0.2, 0) is 17.9 Å². The van der Waals surface area contributed by atoms with Crippen LogP contribution in [-0.4, -0.2) is 37.0 Å². The number of rotatable bonds is 6. The molecular weight excluding hydrogens is 372 g/mol. The summed E-state index contributed by atoms with van der Waals surface area (Å²) in [4.78, 5) is 25.2. The average molecular weight is 401 g/mol. The zero-order valence-electron chi connectivity index (χ0n) is 16.4. The van der Waals surface area contributed by atoms with Crippen LogP contribution in [0, 0.1) is 12.8 Å². The Labute approximate surface area is 170 Å². The fourth-order valence-electron chi connectivity index (χ4n) is 3.41. The molecule has 1 fully saturated rings. The van der Waals surface area contributed by atoms with Crippen LogP contribution in [0.1, 0.15) is 28.2 Å². The minimum absolute atomic E-state index is 0.111. The Morgan fingerprint density at radius 3 is 2.89 bits per heavy atom. The number of nitrogens with two attached hydrogens (primary N) is 1.